The monoisotopic (exact) mass is 238 g/mol. The highest BCUT2D eigenvalue weighted by molar-refractivity contribution is 5.85. The maximum atomic E-state index is 11.7. The summed E-state index contributed by atoms with van der Waals surface area (Å²) in [5.41, 5.74) is 0.955. The number of hydrogen-bond donors (Lipinski definition) is 1. The number of fused-ring (bicyclic) bond motifs is 1. The molecule has 0 bridgehead atoms. The molecule has 1 amide bonds. The van der Waals surface area contributed by atoms with Crippen molar-refractivity contribution in [1.29, 1.82) is 5.26 Å². The number of hydrogen-bond acceptors (Lipinski definition) is 2. The maximum absolute atomic E-state index is 11.7. The largest absolute Gasteiger partial charge is 0.340 e. The fourth-order valence-electron chi connectivity index (χ4n) is 1.86. The minimum atomic E-state index is -0.446. The van der Waals surface area contributed by atoms with Crippen molar-refractivity contribution in [3.63, 3.8) is 0 Å². The highest BCUT2D eigenvalue weighted by Gasteiger charge is 2.07. The summed E-state index contributed by atoms with van der Waals surface area (Å²) >= 11 is 0. The number of nitrogens with one attached hydrogen (secondary N) is 1. The van der Waals surface area contributed by atoms with Crippen LogP contribution in [0.1, 0.15) is 12.5 Å². The van der Waals surface area contributed by atoms with Crippen LogP contribution in [0.25, 0.3) is 10.8 Å². The van der Waals surface area contributed by atoms with Gasteiger partial charge in [-0.1, -0.05) is 42.5 Å². The summed E-state index contributed by atoms with van der Waals surface area (Å²) in [5.74, 6) is -0.126. The Morgan fingerprint density at radius 1 is 1.28 bits per heavy atom. The molecule has 0 fully saturated rings. The molecule has 1 N–H and O–H groups in total. The summed E-state index contributed by atoms with van der Waals surface area (Å²) in [4.78, 5) is 11.7. The molecule has 0 saturated heterocycles. The van der Waals surface area contributed by atoms with E-state index in [1.165, 1.54) is 0 Å². The molecule has 2 aromatic rings. The molecular formula is C15H14N2O. The molecule has 1 atom stereocenters. The first-order valence-electron chi connectivity index (χ1n) is 5.85. The van der Waals surface area contributed by atoms with Crippen LogP contribution in [-0.2, 0) is 11.2 Å². The molecule has 0 radical (unpaired) electrons. The number of nitriles is 1. The molecule has 0 aliphatic rings. The Balaban J connectivity index is 2.13. The van der Waals surface area contributed by atoms with Crippen molar-refractivity contribution >= 4 is 16.7 Å². The molecule has 3 nitrogen and oxygen atoms in total. The van der Waals surface area contributed by atoms with E-state index in [1.807, 2.05) is 48.5 Å². The van der Waals surface area contributed by atoms with E-state index in [0.717, 1.165) is 16.3 Å². The number of carbonyl (C=O) groups excluding carboxylic acids is 1. The van der Waals surface area contributed by atoms with Crippen molar-refractivity contribution in [2.75, 3.05) is 0 Å². The van der Waals surface area contributed by atoms with Gasteiger partial charge in [-0.15, -0.1) is 0 Å². The van der Waals surface area contributed by atoms with Crippen LogP contribution in [0.2, 0.25) is 0 Å². The van der Waals surface area contributed by atoms with E-state index in [0.29, 0.717) is 6.42 Å². The third-order valence-corrected chi connectivity index (χ3v) is 2.75. The van der Waals surface area contributed by atoms with Crippen LogP contribution in [0.3, 0.4) is 0 Å². The van der Waals surface area contributed by atoms with Gasteiger partial charge in [0.2, 0.25) is 5.91 Å². The fraction of sp³-hybridized carbons (Fsp3) is 0.200. The summed E-state index contributed by atoms with van der Waals surface area (Å²) in [6, 6.07) is 15.5. The zero-order chi connectivity index (χ0) is 13.0. The molecule has 2 aromatic carbocycles. The second-order valence-corrected chi connectivity index (χ2v) is 4.28. The van der Waals surface area contributed by atoms with Crippen molar-refractivity contribution < 1.29 is 4.79 Å². The Morgan fingerprint density at radius 3 is 2.72 bits per heavy atom. The van der Waals surface area contributed by atoms with Crippen LogP contribution in [0, 0.1) is 11.3 Å². The quantitative estimate of drug-likeness (QED) is 0.892. The first kappa shape index (κ1) is 12.1. The Labute approximate surface area is 106 Å². The van der Waals surface area contributed by atoms with E-state index in [2.05, 4.69) is 5.32 Å². The van der Waals surface area contributed by atoms with E-state index < -0.39 is 6.04 Å². The summed E-state index contributed by atoms with van der Waals surface area (Å²) < 4.78 is 0. The Hall–Kier alpha value is -2.34. The van der Waals surface area contributed by atoms with Crippen molar-refractivity contribution in [3.05, 3.63) is 48.0 Å². The molecule has 1 unspecified atom stereocenters. The van der Waals surface area contributed by atoms with Gasteiger partial charge >= 0.3 is 0 Å². The summed E-state index contributed by atoms with van der Waals surface area (Å²) in [5, 5.41) is 13.5. The smallest absolute Gasteiger partial charge is 0.225 e. The first-order valence-corrected chi connectivity index (χ1v) is 5.85. The van der Waals surface area contributed by atoms with Crippen LogP contribution < -0.4 is 5.32 Å². The first-order chi connectivity index (χ1) is 8.69. The second-order valence-electron chi connectivity index (χ2n) is 4.28. The topological polar surface area (TPSA) is 52.9 Å². The molecule has 0 aromatic heterocycles. The summed E-state index contributed by atoms with van der Waals surface area (Å²) in [7, 11) is 0. The maximum Gasteiger partial charge on any atom is 0.225 e. The van der Waals surface area contributed by atoms with E-state index in [9.17, 15) is 4.79 Å². The van der Waals surface area contributed by atoms with Gasteiger partial charge in [-0.3, -0.25) is 4.79 Å². The number of benzene rings is 2. The Kier molecular flexibility index (Phi) is 3.59. The van der Waals surface area contributed by atoms with Crippen molar-refractivity contribution in [2.45, 2.75) is 19.4 Å². The normalized spacial score (nSPS) is 11.8. The fourth-order valence-corrected chi connectivity index (χ4v) is 1.86. The average Bonchev–Trinajstić information content (AvgIpc) is 2.38. The SMILES string of the molecule is CC(C#N)NC(=O)Cc1ccc2ccccc2c1. The molecule has 18 heavy (non-hydrogen) atoms. The molecule has 0 heterocycles. The van der Waals surface area contributed by atoms with E-state index >= 15 is 0 Å². The predicted octanol–water partition coefficient (Wildman–Crippen LogP) is 2.41. The van der Waals surface area contributed by atoms with Crippen LogP contribution in [0.15, 0.2) is 42.5 Å². The lowest BCUT2D eigenvalue weighted by molar-refractivity contribution is -0.120. The minimum Gasteiger partial charge on any atom is -0.340 e. The zero-order valence-corrected chi connectivity index (χ0v) is 10.2. The predicted molar refractivity (Wildman–Crippen MR) is 70.9 cm³/mol. The molecule has 90 valence electrons. The third kappa shape index (κ3) is 2.86. The summed E-state index contributed by atoms with van der Waals surface area (Å²) in [6.45, 7) is 1.66. The summed E-state index contributed by atoms with van der Waals surface area (Å²) in [6.07, 6.45) is 0.302. The minimum absolute atomic E-state index is 0.126. The van der Waals surface area contributed by atoms with Crippen LogP contribution in [-0.4, -0.2) is 11.9 Å². The average molecular weight is 238 g/mol. The molecule has 0 aliphatic heterocycles. The standard InChI is InChI=1S/C15H14N2O/c1-11(10-16)17-15(18)9-12-6-7-13-4-2-3-5-14(13)8-12/h2-8,11H,9H2,1H3,(H,17,18). The number of carbonyl (C=O) groups is 1. The number of nitrogens with zero attached hydrogens (tertiary/aromatic N) is 1. The molecule has 2 rings (SSSR count). The third-order valence-electron chi connectivity index (χ3n) is 2.75. The lowest BCUT2D eigenvalue weighted by atomic mass is 10.0. The van der Waals surface area contributed by atoms with Gasteiger partial charge in [0.05, 0.1) is 12.5 Å². The highest BCUT2D eigenvalue weighted by Crippen LogP contribution is 2.15. The molecule has 0 aliphatic carbocycles. The van der Waals surface area contributed by atoms with Gasteiger partial charge in [0.1, 0.15) is 6.04 Å². The van der Waals surface area contributed by atoms with Crippen LogP contribution in [0.4, 0.5) is 0 Å². The zero-order valence-electron chi connectivity index (χ0n) is 10.2. The van der Waals surface area contributed by atoms with Crippen molar-refractivity contribution in [2.24, 2.45) is 0 Å². The Bertz CT molecular complexity index is 613. The molecular weight excluding hydrogens is 224 g/mol. The number of rotatable bonds is 3. The van der Waals surface area contributed by atoms with Gasteiger partial charge in [0.25, 0.3) is 0 Å². The lowest BCUT2D eigenvalue weighted by Gasteiger charge is -2.07. The molecule has 3 heteroatoms. The van der Waals surface area contributed by atoms with E-state index in [-0.39, 0.29) is 5.91 Å². The van der Waals surface area contributed by atoms with Gasteiger partial charge < -0.3 is 5.32 Å². The molecule has 0 saturated carbocycles. The Morgan fingerprint density at radius 2 is 2.00 bits per heavy atom. The van der Waals surface area contributed by atoms with E-state index in [1.54, 1.807) is 6.92 Å². The van der Waals surface area contributed by atoms with Crippen LogP contribution in [0.5, 0.6) is 0 Å². The van der Waals surface area contributed by atoms with Crippen LogP contribution >= 0.6 is 0 Å². The van der Waals surface area contributed by atoms with Crippen molar-refractivity contribution in [3.8, 4) is 6.07 Å². The lowest BCUT2D eigenvalue weighted by Crippen LogP contribution is -2.32. The van der Waals surface area contributed by atoms with E-state index in [4.69, 9.17) is 5.26 Å². The van der Waals surface area contributed by atoms with Gasteiger partial charge in [-0.25, -0.2) is 0 Å². The van der Waals surface area contributed by atoms with Crippen molar-refractivity contribution in [1.82, 2.24) is 5.32 Å². The molecule has 0 spiro atoms. The second kappa shape index (κ2) is 5.33. The van der Waals surface area contributed by atoms with Gasteiger partial charge in [-0.2, -0.15) is 5.26 Å². The number of amides is 1. The highest BCUT2D eigenvalue weighted by atomic mass is 16.1. The van der Waals surface area contributed by atoms with Gasteiger partial charge in [0, 0.05) is 0 Å². The van der Waals surface area contributed by atoms with Gasteiger partial charge in [-0.05, 0) is 23.3 Å². The van der Waals surface area contributed by atoms with Gasteiger partial charge in [0.15, 0.2) is 0 Å².